The molecule has 2 aliphatic rings. The van der Waals surface area contributed by atoms with E-state index < -0.39 is 18.2 Å². The minimum atomic E-state index is -0.990. The van der Waals surface area contributed by atoms with Gasteiger partial charge in [0.2, 0.25) is 0 Å². The predicted octanol–water partition coefficient (Wildman–Crippen LogP) is 0.646. The van der Waals surface area contributed by atoms with Crippen LogP contribution in [0.5, 0.6) is 0 Å². The van der Waals surface area contributed by atoms with Gasteiger partial charge in [0, 0.05) is 13.1 Å². The minimum absolute atomic E-state index is 0.105. The molecule has 1 amide bonds. The van der Waals surface area contributed by atoms with Crippen molar-refractivity contribution in [1.29, 1.82) is 0 Å². The summed E-state index contributed by atoms with van der Waals surface area (Å²) < 4.78 is 11.0. The summed E-state index contributed by atoms with van der Waals surface area (Å²) in [4.78, 5) is 24.9. The molecular formula is C13H21NO5. The van der Waals surface area contributed by atoms with Crippen LogP contribution in [0.15, 0.2) is 0 Å². The lowest BCUT2D eigenvalue weighted by Crippen LogP contribution is -2.54. The van der Waals surface area contributed by atoms with E-state index in [1.807, 2.05) is 13.8 Å². The number of carbonyl (C=O) groups is 2. The normalized spacial score (nSPS) is 35.4. The third-order valence-electron chi connectivity index (χ3n) is 3.97. The molecule has 1 N–H and O–H groups in total. The number of amides is 1. The zero-order valence-corrected chi connectivity index (χ0v) is 11.4. The van der Waals surface area contributed by atoms with E-state index in [-0.39, 0.29) is 11.5 Å². The van der Waals surface area contributed by atoms with Gasteiger partial charge in [0.25, 0.3) is 5.91 Å². The lowest BCUT2D eigenvalue weighted by atomic mass is 10.0. The van der Waals surface area contributed by atoms with Gasteiger partial charge in [-0.05, 0) is 26.2 Å². The van der Waals surface area contributed by atoms with Crippen molar-refractivity contribution < 1.29 is 24.2 Å². The maximum atomic E-state index is 12.3. The lowest BCUT2D eigenvalue weighted by Gasteiger charge is -2.40. The number of hydrogen-bond acceptors (Lipinski definition) is 4. The molecule has 2 saturated heterocycles. The van der Waals surface area contributed by atoms with Crippen LogP contribution in [0.4, 0.5) is 0 Å². The van der Waals surface area contributed by atoms with Crippen LogP contribution in [0.3, 0.4) is 0 Å². The first-order valence-corrected chi connectivity index (χ1v) is 6.76. The molecule has 0 aromatic rings. The molecule has 19 heavy (non-hydrogen) atoms. The number of aliphatic carboxylic acids is 1. The molecule has 6 nitrogen and oxygen atoms in total. The Morgan fingerprint density at radius 3 is 2.63 bits per heavy atom. The molecule has 2 heterocycles. The standard InChI is InChI=1S/C13H21NO5/c1-3-13(2)8-14(6-7-18-13)11(15)9-4-5-10(19-9)12(16)17/h9-10H,3-8H2,1-2H3,(H,16,17)/t9-,10+,13?/m0/s1. The van der Waals surface area contributed by atoms with Crippen LogP contribution in [0.2, 0.25) is 0 Å². The molecule has 0 aromatic carbocycles. The molecule has 0 spiro atoms. The highest BCUT2D eigenvalue weighted by Crippen LogP contribution is 2.25. The van der Waals surface area contributed by atoms with Crippen LogP contribution >= 0.6 is 0 Å². The van der Waals surface area contributed by atoms with E-state index in [2.05, 4.69) is 0 Å². The number of hydrogen-bond donors (Lipinski definition) is 1. The number of rotatable bonds is 3. The molecule has 3 atom stereocenters. The number of nitrogens with zero attached hydrogens (tertiary/aromatic N) is 1. The van der Waals surface area contributed by atoms with Crippen molar-refractivity contribution in [3.05, 3.63) is 0 Å². The second-order valence-corrected chi connectivity index (χ2v) is 5.44. The summed E-state index contributed by atoms with van der Waals surface area (Å²) in [5.74, 6) is -1.10. The summed E-state index contributed by atoms with van der Waals surface area (Å²) in [7, 11) is 0. The Morgan fingerprint density at radius 2 is 2.05 bits per heavy atom. The zero-order chi connectivity index (χ0) is 14.0. The minimum Gasteiger partial charge on any atom is -0.479 e. The highest BCUT2D eigenvalue weighted by atomic mass is 16.5. The molecule has 2 rings (SSSR count). The number of ether oxygens (including phenoxy) is 2. The van der Waals surface area contributed by atoms with Gasteiger partial charge in [-0.15, -0.1) is 0 Å². The Morgan fingerprint density at radius 1 is 1.37 bits per heavy atom. The Hall–Kier alpha value is -1.14. The van der Waals surface area contributed by atoms with E-state index in [0.717, 1.165) is 6.42 Å². The molecular weight excluding hydrogens is 250 g/mol. The molecule has 1 unspecified atom stereocenters. The van der Waals surface area contributed by atoms with Gasteiger partial charge in [-0.3, -0.25) is 4.79 Å². The first-order chi connectivity index (χ1) is 8.95. The Labute approximate surface area is 112 Å². The van der Waals surface area contributed by atoms with E-state index in [9.17, 15) is 9.59 Å². The van der Waals surface area contributed by atoms with Crippen molar-refractivity contribution in [2.24, 2.45) is 0 Å². The van der Waals surface area contributed by atoms with Crippen molar-refractivity contribution >= 4 is 11.9 Å². The van der Waals surface area contributed by atoms with Crippen molar-refractivity contribution in [2.75, 3.05) is 19.7 Å². The molecule has 0 radical (unpaired) electrons. The van der Waals surface area contributed by atoms with Crippen molar-refractivity contribution in [1.82, 2.24) is 4.90 Å². The van der Waals surface area contributed by atoms with Gasteiger partial charge in [-0.25, -0.2) is 4.79 Å². The lowest BCUT2D eigenvalue weighted by molar-refractivity contribution is -0.163. The summed E-state index contributed by atoms with van der Waals surface area (Å²) in [6.45, 7) is 5.62. The summed E-state index contributed by atoms with van der Waals surface area (Å²) in [5.41, 5.74) is -0.307. The van der Waals surface area contributed by atoms with Crippen LogP contribution < -0.4 is 0 Å². The fourth-order valence-electron chi connectivity index (χ4n) is 2.54. The monoisotopic (exact) mass is 271 g/mol. The van der Waals surface area contributed by atoms with Gasteiger partial charge in [-0.1, -0.05) is 6.92 Å². The molecule has 0 saturated carbocycles. The average molecular weight is 271 g/mol. The van der Waals surface area contributed by atoms with Crippen LogP contribution in [0.1, 0.15) is 33.1 Å². The highest BCUT2D eigenvalue weighted by molar-refractivity contribution is 5.83. The summed E-state index contributed by atoms with van der Waals surface area (Å²) >= 11 is 0. The molecule has 6 heteroatoms. The van der Waals surface area contributed by atoms with Crippen LogP contribution in [-0.2, 0) is 19.1 Å². The predicted molar refractivity (Wildman–Crippen MR) is 66.8 cm³/mol. The van der Waals surface area contributed by atoms with Crippen LogP contribution in [0, 0.1) is 0 Å². The summed E-state index contributed by atoms with van der Waals surface area (Å²) in [5, 5.41) is 8.87. The second-order valence-electron chi connectivity index (χ2n) is 5.44. The van der Waals surface area contributed by atoms with E-state index in [0.29, 0.717) is 32.5 Å². The van der Waals surface area contributed by atoms with Crippen LogP contribution in [0.25, 0.3) is 0 Å². The topological polar surface area (TPSA) is 76.1 Å². The van der Waals surface area contributed by atoms with E-state index >= 15 is 0 Å². The Balaban J connectivity index is 1.95. The molecule has 2 aliphatic heterocycles. The van der Waals surface area contributed by atoms with Gasteiger partial charge in [0.05, 0.1) is 12.2 Å². The number of carboxylic acids is 1. The molecule has 0 bridgehead atoms. The maximum absolute atomic E-state index is 12.3. The molecule has 0 aromatic heterocycles. The zero-order valence-electron chi connectivity index (χ0n) is 11.4. The Bertz CT molecular complexity index is 372. The fraction of sp³-hybridized carbons (Fsp3) is 0.846. The number of carboxylic acid groups (broad SMARTS) is 1. The summed E-state index contributed by atoms with van der Waals surface area (Å²) in [6.07, 6.45) is 0.268. The third kappa shape index (κ3) is 3.06. The van der Waals surface area contributed by atoms with Crippen molar-refractivity contribution in [2.45, 2.75) is 50.9 Å². The van der Waals surface area contributed by atoms with E-state index in [1.165, 1.54) is 0 Å². The average Bonchev–Trinajstić information content (AvgIpc) is 2.87. The highest BCUT2D eigenvalue weighted by Gasteiger charge is 2.40. The van der Waals surface area contributed by atoms with Crippen molar-refractivity contribution in [3.63, 3.8) is 0 Å². The van der Waals surface area contributed by atoms with E-state index in [4.69, 9.17) is 14.6 Å². The van der Waals surface area contributed by atoms with Gasteiger partial charge < -0.3 is 19.5 Å². The van der Waals surface area contributed by atoms with Gasteiger partial charge in [0.15, 0.2) is 6.10 Å². The summed E-state index contributed by atoms with van der Waals surface area (Å²) in [6, 6.07) is 0. The maximum Gasteiger partial charge on any atom is 0.332 e. The molecule has 108 valence electrons. The first kappa shape index (κ1) is 14.3. The van der Waals surface area contributed by atoms with Gasteiger partial charge >= 0.3 is 5.97 Å². The molecule has 2 fully saturated rings. The van der Waals surface area contributed by atoms with Gasteiger partial charge in [-0.2, -0.15) is 0 Å². The van der Waals surface area contributed by atoms with E-state index in [1.54, 1.807) is 4.90 Å². The Kier molecular flexibility index (Phi) is 4.10. The largest absolute Gasteiger partial charge is 0.479 e. The quantitative estimate of drug-likeness (QED) is 0.815. The third-order valence-corrected chi connectivity index (χ3v) is 3.97. The number of carbonyl (C=O) groups excluding carboxylic acids is 1. The fourth-order valence-corrected chi connectivity index (χ4v) is 2.54. The number of morpholine rings is 1. The first-order valence-electron chi connectivity index (χ1n) is 6.76. The van der Waals surface area contributed by atoms with Crippen LogP contribution in [-0.4, -0.2) is 59.4 Å². The second kappa shape index (κ2) is 5.46. The van der Waals surface area contributed by atoms with Gasteiger partial charge in [0.1, 0.15) is 6.10 Å². The SMILES string of the molecule is CCC1(C)CN(C(=O)[C@@H]2CC[C@H](C(=O)O)O2)CCO1. The smallest absolute Gasteiger partial charge is 0.332 e. The van der Waals surface area contributed by atoms with Crippen molar-refractivity contribution in [3.8, 4) is 0 Å². The molecule has 0 aliphatic carbocycles.